The Kier molecular flexibility index (Phi) is 4.60. The number of rotatable bonds is 3. The third kappa shape index (κ3) is 2.89. The fraction of sp³-hybridized carbons (Fsp3) is 0.0909. The van der Waals surface area contributed by atoms with Gasteiger partial charge in [-0.25, -0.2) is 9.48 Å². The highest BCUT2D eigenvalue weighted by atomic mass is 35.5. The first-order chi connectivity index (χ1) is 8.63. The van der Waals surface area contributed by atoms with Crippen LogP contribution in [0.5, 0.6) is 5.75 Å². The predicted molar refractivity (Wildman–Crippen MR) is 68.4 cm³/mol. The lowest BCUT2D eigenvalue weighted by Gasteiger charge is -2.07. The average molecular weight is 284 g/mol. The zero-order valence-electron chi connectivity index (χ0n) is 9.81. The van der Waals surface area contributed by atoms with Crippen molar-refractivity contribution in [1.29, 1.82) is 0 Å². The molecule has 0 aromatic carbocycles. The molecular weight excluding hydrogens is 274 g/mol. The molecule has 1 N–H and O–H groups in total. The zero-order valence-corrected chi connectivity index (χ0v) is 10.6. The fourth-order valence-electron chi connectivity index (χ4n) is 1.38. The number of aromatic nitrogens is 3. The predicted octanol–water partition coefficient (Wildman–Crippen LogP) is 0.756. The van der Waals surface area contributed by atoms with Gasteiger partial charge in [0.2, 0.25) is 5.69 Å². The van der Waals surface area contributed by atoms with Crippen LogP contribution < -0.4 is 10.2 Å². The summed E-state index contributed by atoms with van der Waals surface area (Å²) in [5.74, 6) is -1.50. The van der Waals surface area contributed by atoms with Crippen LogP contribution in [0.1, 0.15) is 10.5 Å². The summed E-state index contributed by atoms with van der Waals surface area (Å²) >= 11 is 0. The average Bonchev–Trinajstić information content (AvgIpc) is 2.39. The second-order valence-corrected chi connectivity index (χ2v) is 3.34. The minimum absolute atomic E-state index is 0. The van der Waals surface area contributed by atoms with Gasteiger partial charge in [0.1, 0.15) is 0 Å². The number of carboxylic acid groups (broad SMARTS) is 1. The van der Waals surface area contributed by atoms with Crippen LogP contribution in [0.15, 0.2) is 35.5 Å². The molecule has 0 spiro atoms. The Morgan fingerprint density at radius 2 is 2.21 bits per heavy atom. The van der Waals surface area contributed by atoms with Gasteiger partial charge in [0.05, 0.1) is 25.2 Å². The molecule has 2 heterocycles. The Morgan fingerprint density at radius 1 is 1.47 bits per heavy atom. The monoisotopic (exact) mass is 283 g/mol. The maximum atomic E-state index is 11.6. The van der Waals surface area contributed by atoms with Gasteiger partial charge in [-0.2, -0.15) is 5.10 Å². The van der Waals surface area contributed by atoms with E-state index >= 15 is 0 Å². The van der Waals surface area contributed by atoms with Crippen molar-refractivity contribution in [2.45, 2.75) is 0 Å². The van der Waals surface area contributed by atoms with Gasteiger partial charge < -0.3 is 9.84 Å². The van der Waals surface area contributed by atoms with Crippen LogP contribution in [0.4, 0.5) is 0 Å². The minimum Gasteiger partial charge on any atom is -0.491 e. The summed E-state index contributed by atoms with van der Waals surface area (Å²) in [7, 11) is 1.29. The van der Waals surface area contributed by atoms with E-state index in [1.54, 1.807) is 18.3 Å². The lowest BCUT2D eigenvalue weighted by Crippen LogP contribution is -2.22. The molecular formula is C11H10ClN3O4. The molecule has 0 aliphatic rings. The van der Waals surface area contributed by atoms with Gasteiger partial charge in [-0.1, -0.05) is 0 Å². The summed E-state index contributed by atoms with van der Waals surface area (Å²) in [6.07, 6.45) is 4.37. The van der Waals surface area contributed by atoms with E-state index in [1.807, 2.05) is 0 Å². The molecule has 0 aliphatic heterocycles. The number of hydrogen-bond donors (Lipinski definition) is 1. The first-order valence-corrected chi connectivity index (χ1v) is 4.95. The number of hydrogen-bond acceptors (Lipinski definition) is 5. The molecule has 0 fully saturated rings. The molecule has 0 unspecified atom stereocenters. The lowest BCUT2D eigenvalue weighted by molar-refractivity contribution is 0.0686. The van der Waals surface area contributed by atoms with Crippen molar-refractivity contribution in [1.82, 2.24) is 14.8 Å². The fourth-order valence-corrected chi connectivity index (χ4v) is 1.38. The van der Waals surface area contributed by atoms with Gasteiger partial charge in [0, 0.05) is 6.20 Å². The smallest absolute Gasteiger partial charge is 0.360 e. The maximum Gasteiger partial charge on any atom is 0.360 e. The van der Waals surface area contributed by atoms with Crippen LogP contribution in [0, 0.1) is 0 Å². The van der Waals surface area contributed by atoms with Crippen molar-refractivity contribution >= 4 is 18.4 Å². The van der Waals surface area contributed by atoms with E-state index in [0.717, 1.165) is 0 Å². The summed E-state index contributed by atoms with van der Waals surface area (Å²) < 4.78 is 6.07. The Labute approximate surface area is 113 Å². The molecule has 0 aliphatic carbocycles. The van der Waals surface area contributed by atoms with Crippen LogP contribution in [-0.4, -0.2) is 33.0 Å². The Bertz CT molecular complexity index is 642. The third-order valence-corrected chi connectivity index (χ3v) is 2.22. The molecule has 0 bridgehead atoms. The van der Waals surface area contributed by atoms with E-state index < -0.39 is 17.1 Å². The van der Waals surface area contributed by atoms with E-state index in [4.69, 9.17) is 9.84 Å². The topological polar surface area (TPSA) is 94.3 Å². The van der Waals surface area contributed by atoms with Crippen molar-refractivity contribution in [2.24, 2.45) is 0 Å². The van der Waals surface area contributed by atoms with Crippen molar-refractivity contribution < 1.29 is 14.6 Å². The number of ether oxygens (including phenoxy) is 1. The molecule has 2 rings (SSSR count). The van der Waals surface area contributed by atoms with Gasteiger partial charge in [-0.05, 0) is 12.1 Å². The molecule has 100 valence electrons. The van der Waals surface area contributed by atoms with Crippen molar-refractivity contribution in [3.63, 3.8) is 0 Å². The Balaban J connectivity index is 0.00000180. The van der Waals surface area contributed by atoms with E-state index in [2.05, 4.69) is 10.1 Å². The molecule has 8 heteroatoms. The molecule has 0 saturated heterocycles. The van der Waals surface area contributed by atoms with Crippen LogP contribution in [-0.2, 0) is 0 Å². The lowest BCUT2D eigenvalue weighted by atomic mass is 10.3. The largest absolute Gasteiger partial charge is 0.491 e. The van der Waals surface area contributed by atoms with Crippen molar-refractivity contribution in [2.75, 3.05) is 7.11 Å². The maximum absolute atomic E-state index is 11.6. The molecule has 19 heavy (non-hydrogen) atoms. The molecule has 0 saturated carbocycles. The Morgan fingerprint density at radius 3 is 2.74 bits per heavy atom. The standard InChI is InChI=1S/C11H9N3O4.ClH/c1-18-8-6-14(7-3-2-4-12-5-7)13-9(10(8)15)11(16)17;/h2-6H,1H3,(H,16,17);1H. The van der Waals surface area contributed by atoms with Gasteiger partial charge in [0.15, 0.2) is 5.75 Å². The second kappa shape index (κ2) is 5.96. The number of aromatic carboxylic acids is 1. The highest BCUT2D eigenvalue weighted by Gasteiger charge is 2.16. The van der Waals surface area contributed by atoms with Crippen molar-refractivity contribution in [3.05, 3.63) is 46.6 Å². The quantitative estimate of drug-likeness (QED) is 0.893. The van der Waals surface area contributed by atoms with Crippen molar-refractivity contribution in [3.8, 4) is 11.4 Å². The number of carbonyl (C=O) groups is 1. The van der Waals surface area contributed by atoms with E-state index in [-0.39, 0.29) is 18.2 Å². The first-order valence-electron chi connectivity index (χ1n) is 4.95. The Hall–Kier alpha value is -2.41. The van der Waals surface area contributed by atoms with E-state index in [1.165, 1.54) is 24.2 Å². The highest BCUT2D eigenvalue weighted by Crippen LogP contribution is 2.08. The molecule has 0 amide bonds. The normalized spacial score (nSPS) is 9.53. The molecule has 2 aromatic heterocycles. The number of nitrogens with zero attached hydrogens (tertiary/aromatic N) is 3. The van der Waals surface area contributed by atoms with Crippen LogP contribution in [0.2, 0.25) is 0 Å². The molecule has 0 atom stereocenters. The van der Waals surface area contributed by atoms with E-state index in [0.29, 0.717) is 5.69 Å². The number of pyridine rings is 1. The van der Waals surface area contributed by atoms with Crippen LogP contribution >= 0.6 is 12.4 Å². The second-order valence-electron chi connectivity index (χ2n) is 3.34. The van der Waals surface area contributed by atoms with Crippen LogP contribution in [0.25, 0.3) is 5.69 Å². The summed E-state index contributed by atoms with van der Waals surface area (Å²) in [6, 6.07) is 3.34. The number of methoxy groups -OCH3 is 1. The van der Waals surface area contributed by atoms with Crippen LogP contribution in [0.3, 0.4) is 0 Å². The first kappa shape index (κ1) is 14.7. The van der Waals surface area contributed by atoms with Gasteiger partial charge in [0.25, 0.3) is 5.43 Å². The SMILES string of the molecule is COc1cn(-c2cccnc2)nc(C(=O)O)c1=O.Cl. The number of carboxylic acids is 1. The number of halogens is 1. The summed E-state index contributed by atoms with van der Waals surface area (Å²) in [6.45, 7) is 0. The minimum atomic E-state index is -1.41. The van der Waals surface area contributed by atoms with E-state index in [9.17, 15) is 9.59 Å². The summed E-state index contributed by atoms with van der Waals surface area (Å²) in [4.78, 5) is 26.4. The zero-order chi connectivity index (χ0) is 13.1. The van der Waals surface area contributed by atoms with Gasteiger partial charge >= 0.3 is 5.97 Å². The molecule has 0 radical (unpaired) electrons. The third-order valence-electron chi connectivity index (χ3n) is 2.22. The van der Waals surface area contributed by atoms with Gasteiger partial charge in [-0.3, -0.25) is 9.78 Å². The molecule has 2 aromatic rings. The van der Waals surface area contributed by atoms with Gasteiger partial charge in [-0.15, -0.1) is 12.4 Å². The summed E-state index contributed by atoms with van der Waals surface area (Å²) in [5, 5.41) is 12.6. The summed E-state index contributed by atoms with van der Waals surface area (Å²) in [5.41, 5.74) is -0.832. The highest BCUT2D eigenvalue weighted by molar-refractivity contribution is 5.85. The molecule has 7 nitrogen and oxygen atoms in total.